The smallest absolute Gasteiger partial charge is 0.333 e. The van der Waals surface area contributed by atoms with Gasteiger partial charge in [0.2, 0.25) is 5.91 Å². The number of esters is 1. The van der Waals surface area contributed by atoms with Crippen LogP contribution in [0.5, 0.6) is 0 Å². The van der Waals surface area contributed by atoms with E-state index < -0.39 is 12.0 Å². The lowest BCUT2D eigenvalue weighted by molar-refractivity contribution is -0.147. The fraction of sp³-hybridized carbons (Fsp3) is 0.353. The number of hydrogen-bond donors (Lipinski definition) is 1. The number of thioether (sulfide) groups is 1. The van der Waals surface area contributed by atoms with Crippen LogP contribution in [0.4, 0.5) is 0 Å². The van der Waals surface area contributed by atoms with E-state index in [1.807, 2.05) is 28.5 Å². The maximum absolute atomic E-state index is 12.4. The van der Waals surface area contributed by atoms with Crippen LogP contribution >= 0.6 is 11.8 Å². The number of carbonyl (C=O) groups is 2. The zero-order valence-electron chi connectivity index (χ0n) is 13.4. The predicted octanol–water partition coefficient (Wildman–Crippen LogP) is 2.06. The summed E-state index contributed by atoms with van der Waals surface area (Å²) in [5.41, 5.74) is 1.63. The van der Waals surface area contributed by atoms with E-state index in [0.717, 1.165) is 24.0 Å². The third-order valence-electron chi connectivity index (χ3n) is 3.75. The van der Waals surface area contributed by atoms with Crippen LogP contribution in [0.25, 0.3) is 0 Å². The topological polar surface area (TPSA) is 71.0 Å². The molecule has 0 saturated carbocycles. The van der Waals surface area contributed by atoms with Crippen LogP contribution < -0.4 is 5.32 Å². The molecule has 2 aliphatic rings. The number of amidine groups is 1. The van der Waals surface area contributed by atoms with Gasteiger partial charge in [-0.15, -0.1) is 0 Å². The summed E-state index contributed by atoms with van der Waals surface area (Å²) in [5.74, 6) is -0.660. The van der Waals surface area contributed by atoms with Gasteiger partial charge in [0.15, 0.2) is 11.2 Å². The lowest BCUT2D eigenvalue weighted by Gasteiger charge is -2.20. The Kier molecular flexibility index (Phi) is 5.20. The quantitative estimate of drug-likeness (QED) is 0.799. The van der Waals surface area contributed by atoms with Crippen molar-refractivity contribution in [2.24, 2.45) is 4.99 Å². The highest BCUT2D eigenvalue weighted by molar-refractivity contribution is 8.16. The number of fused-ring (bicyclic) bond motifs is 1. The van der Waals surface area contributed by atoms with E-state index >= 15 is 0 Å². The van der Waals surface area contributed by atoms with Gasteiger partial charge in [-0.2, -0.15) is 0 Å². The molecule has 0 aliphatic carbocycles. The number of nitrogens with one attached hydrogen (secondary N) is 1. The minimum absolute atomic E-state index is 0.211. The molecule has 0 bridgehead atoms. The molecule has 0 fully saturated rings. The standard InChI is InChI=1S/C17H19N3O3S/c1-2-23-16(22)15(12-6-4-3-5-7-12)19-14(21)10-13-11-24-17-18-8-9-20(13)17/h3-7,11,15H,2,8-10H2,1H3,(H,19,21). The van der Waals surface area contributed by atoms with E-state index in [1.165, 1.54) is 11.8 Å². The molecule has 6 nitrogen and oxygen atoms in total. The fourth-order valence-corrected chi connectivity index (χ4v) is 3.59. The average molecular weight is 345 g/mol. The normalized spacial score (nSPS) is 17.0. The molecule has 3 rings (SSSR count). The highest BCUT2D eigenvalue weighted by Crippen LogP contribution is 2.30. The van der Waals surface area contributed by atoms with Crippen molar-refractivity contribution >= 4 is 28.8 Å². The highest BCUT2D eigenvalue weighted by atomic mass is 32.2. The summed E-state index contributed by atoms with van der Waals surface area (Å²) in [5, 5.41) is 5.69. The largest absolute Gasteiger partial charge is 0.464 e. The second kappa shape index (κ2) is 7.53. The van der Waals surface area contributed by atoms with E-state index in [1.54, 1.807) is 19.1 Å². The van der Waals surface area contributed by atoms with Crippen LogP contribution in [0.2, 0.25) is 0 Å². The highest BCUT2D eigenvalue weighted by Gasteiger charge is 2.29. The van der Waals surface area contributed by atoms with Gasteiger partial charge in [0.05, 0.1) is 19.6 Å². The number of benzene rings is 1. The minimum Gasteiger partial charge on any atom is -0.464 e. The molecule has 24 heavy (non-hydrogen) atoms. The minimum atomic E-state index is -0.792. The molecule has 1 N–H and O–H groups in total. The first-order valence-corrected chi connectivity index (χ1v) is 8.75. The first-order valence-electron chi connectivity index (χ1n) is 7.87. The maximum Gasteiger partial charge on any atom is 0.333 e. The Morgan fingerprint density at radius 3 is 2.92 bits per heavy atom. The van der Waals surface area contributed by atoms with Crippen LogP contribution in [-0.4, -0.2) is 41.6 Å². The summed E-state index contributed by atoms with van der Waals surface area (Å²) in [6, 6.07) is 8.34. The number of aliphatic imine (C=N–C) groups is 1. The van der Waals surface area contributed by atoms with Gasteiger partial charge < -0.3 is 15.0 Å². The lowest BCUT2D eigenvalue weighted by atomic mass is 10.1. The lowest BCUT2D eigenvalue weighted by Crippen LogP contribution is -2.36. The molecule has 1 aromatic rings. The van der Waals surface area contributed by atoms with E-state index in [4.69, 9.17) is 4.74 Å². The summed E-state index contributed by atoms with van der Waals surface area (Å²) < 4.78 is 5.10. The molecular weight excluding hydrogens is 326 g/mol. The molecule has 1 amide bonds. The second-order valence-corrected chi connectivity index (χ2v) is 6.22. The van der Waals surface area contributed by atoms with E-state index in [9.17, 15) is 9.59 Å². The Labute approximate surface area is 145 Å². The third kappa shape index (κ3) is 3.62. The van der Waals surface area contributed by atoms with Crippen LogP contribution in [0.1, 0.15) is 24.9 Å². The number of amides is 1. The molecule has 1 atom stereocenters. The Morgan fingerprint density at radius 1 is 1.38 bits per heavy atom. The number of nitrogens with zero attached hydrogens (tertiary/aromatic N) is 2. The first kappa shape index (κ1) is 16.6. The molecule has 1 unspecified atom stereocenters. The van der Waals surface area contributed by atoms with Gasteiger partial charge in [0.1, 0.15) is 0 Å². The molecule has 0 radical (unpaired) electrons. The van der Waals surface area contributed by atoms with Crippen molar-refractivity contribution < 1.29 is 14.3 Å². The van der Waals surface area contributed by atoms with Gasteiger partial charge in [0, 0.05) is 12.2 Å². The van der Waals surface area contributed by atoms with Crippen molar-refractivity contribution in [1.29, 1.82) is 0 Å². The monoisotopic (exact) mass is 345 g/mol. The summed E-state index contributed by atoms with van der Waals surface area (Å²) in [7, 11) is 0. The van der Waals surface area contributed by atoms with E-state index in [-0.39, 0.29) is 18.9 Å². The molecule has 0 saturated heterocycles. The summed E-state index contributed by atoms with van der Waals surface area (Å²) in [6.45, 7) is 3.59. The molecule has 2 heterocycles. The molecule has 7 heteroatoms. The van der Waals surface area contributed by atoms with Gasteiger partial charge in [0.25, 0.3) is 0 Å². The Bertz CT molecular complexity index is 688. The van der Waals surface area contributed by atoms with Crippen molar-refractivity contribution in [3.05, 3.63) is 47.0 Å². The second-order valence-electron chi connectivity index (χ2n) is 5.38. The number of rotatable bonds is 6. The van der Waals surface area contributed by atoms with Crippen LogP contribution in [0.15, 0.2) is 46.4 Å². The Hall–Kier alpha value is -2.28. The van der Waals surface area contributed by atoms with Crippen LogP contribution in [-0.2, 0) is 14.3 Å². The number of carbonyl (C=O) groups excluding carboxylic acids is 2. The summed E-state index contributed by atoms with van der Waals surface area (Å²) in [6.07, 6.45) is 0.217. The number of ether oxygens (including phenoxy) is 1. The molecular formula is C17H19N3O3S. The zero-order chi connectivity index (χ0) is 16.9. The fourth-order valence-electron chi connectivity index (χ4n) is 2.64. The predicted molar refractivity (Wildman–Crippen MR) is 93.3 cm³/mol. The molecule has 0 spiro atoms. The van der Waals surface area contributed by atoms with E-state index in [0.29, 0.717) is 5.56 Å². The summed E-state index contributed by atoms with van der Waals surface area (Å²) >= 11 is 1.54. The Balaban J connectivity index is 1.67. The zero-order valence-corrected chi connectivity index (χ0v) is 14.2. The molecule has 0 aromatic heterocycles. The third-order valence-corrected chi connectivity index (χ3v) is 4.70. The van der Waals surface area contributed by atoms with Crippen molar-refractivity contribution in [2.45, 2.75) is 19.4 Å². The van der Waals surface area contributed by atoms with Crippen molar-refractivity contribution in [2.75, 3.05) is 19.7 Å². The van der Waals surface area contributed by atoms with Crippen LogP contribution in [0.3, 0.4) is 0 Å². The molecule has 1 aromatic carbocycles. The van der Waals surface area contributed by atoms with Gasteiger partial charge in [-0.25, -0.2) is 4.79 Å². The van der Waals surface area contributed by atoms with Gasteiger partial charge in [-0.3, -0.25) is 9.79 Å². The van der Waals surface area contributed by atoms with Crippen molar-refractivity contribution in [3.63, 3.8) is 0 Å². The molecule has 126 valence electrons. The van der Waals surface area contributed by atoms with Crippen molar-refractivity contribution in [3.8, 4) is 0 Å². The van der Waals surface area contributed by atoms with Gasteiger partial charge in [-0.05, 0) is 17.9 Å². The SMILES string of the molecule is CCOC(=O)C(NC(=O)CC1=CSC2=NCCN12)c1ccccc1. The van der Waals surface area contributed by atoms with Gasteiger partial charge >= 0.3 is 5.97 Å². The van der Waals surface area contributed by atoms with Crippen LogP contribution in [0, 0.1) is 0 Å². The van der Waals surface area contributed by atoms with Gasteiger partial charge in [-0.1, -0.05) is 42.1 Å². The molecule has 2 aliphatic heterocycles. The Morgan fingerprint density at radius 2 is 2.17 bits per heavy atom. The van der Waals surface area contributed by atoms with Crippen molar-refractivity contribution in [1.82, 2.24) is 10.2 Å². The summed E-state index contributed by atoms with van der Waals surface area (Å²) in [4.78, 5) is 31.1. The number of hydrogen-bond acceptors (Lipinski definition) is 6. The van der Waals surface area contributed by atoms with E-state index in [2.05, 4.69) is 10.3 Å². The average Bonchev–Trinajstić information content (AvgIpc) is 3.19. The maximum atomic E-state index is 12.4. The first-order chi connectivity index (χ1) is 11.7.